The minimum atomic E-state index is -0.527. The van der Waals surface area contributed by atoms with Crippen molar-refractivity contribution < 1.29 is 5.11 Å². The molecule has 0 aliphatic heterocycles. The van der Waals surface area contributed by atoms with Crippen molar-refractivity contribution >= 4 is 16.7 Å². The van der Waals surface area contributed by atoms with Gasteiger partial charge in [-0.05, 0) is 25.0 Å². The van der Waals surface area contributed by atoms with Gasteiger partial charge in [0.25, 0.3) is 0 Å². The van der Waals surface area contributed by atoms with Crippen LogP contribution in [0.1, 0.15) is 23.1 Å². The van der Waals surface area contributed by atoms with Crippen LogP contribution in [0.4, 0.5) is 5.13 Å². The van der Waals surface area contributed by atoms with Crippen LogP contribution in [0.2, 0.25) is 0 Å². The van der Waals surface area contributed by atoms with Gasteiger partial charge in [-0.15, -0.1) is 0 Å². The van der Waals surface area contributed by atoms with Gasteiger partial charge in [0.05, 0.1) is 6.10 Å². The summed E-state index contributed by atoms with van der Waals surface area (Å²) in [5, 5.41) is 13.9. The van der Waals surface area contributed by atoms with Crippen LogP contribution >= 0.6 is 11.5 Å². The van der Waals surface area contributed by atoms with Crippen molar-refractivity contribution in [2.24, 2.45) is 0 Å². The molecule has 0 radical (unpaired) electrons. The summed E-state index contributed by atoms with van der Waals surface area (Å²) in [6.07, 6.45) is -0.527. The first-order valence-electron chi connectivity index (χ1n) is 5.44. The number of anilines is 1. The third-order valence-electron chi connectivity index (χ3n) is 2.52. The third kappa shape index (κ3) is 3.01. The minimum Gasteiger partial charge on any atom is -0.387 e. The van der Waals surface area contributed by atoms with E-state index in [0.717, 1.165) is 22.1 Å². The Morgan fingerprint density at radius 1 is 1.35 bits per heavy atom. The second-order valence-corrected chi connectivity index (χ2v) is 4.65. The maximum Gasteiger partial charge on any atom is 0.202 e. The van der Waals surface area contributed by atoms with E-state index in [1.165, 1.54) is 11.5 Å². The number of hydrogen-bond acceptors (Lipinski definition) is 5. The average molecular weight is 249 g/mol. The lowest BCUT2D eigenvalue weighted by molar-refractivity contribution is 0.191. The quantitative estimate of drug-likeness (QED) is 0.873. The monoisotopic (exact) mass is 249 g/mol. The highest BCUT2D eigenvalue weighted by atomic mass is 32.1. The molecule has 2 N–H and O–H groups in total. The molecule has 0 amide bonds. The zero-order valence-corrected chi connectivity index (χ0v) is 10.7. The van der Waals surface area contributed by atoms with Gasteiger partial charge in [0, 0.05) is 18.1 Å². The van der Waals surface area contributed by atoms with Gasteiger partial charge in [-0.3, -0.25) is 0 Å². The molecule has 0 fully saturated rings. The number of nitrogens with one attached hydrogen (secondary N) is 1. The number of hydrogen-bond donors (Lipinski definition) is 2. The van der Waals surface area contributed by atoms with Crippen molar-refractivity contribution in [2.45, 2.75) is 20.0 Å². The Labute approximate surface area is 105 Å². The van der Waals surface area contributed by atoms with Crippen molar-refractivity contribution in [2.75, 3.05) is 11.9 Å². The Balaban J connectivity index is 1.98. The predicted molar refractivity (Wildman–Crippen MR) is 69.3 cm³/mol. The minimum absolute atomic E-state index is 0.444. The Morgan fingerprint density at radius 3 is 2.76 bits per heavy atom. The highest BCUT2D eigenvalue weighted by molar-refractivity contribution is 7.09. The maximum atomic E-state index is 10.1. The van der Waals surface area contributed by atoms with Gasteiger partial charge in [-0.1, -0.05) is 24.3 Å². The van der Waals surface area contributed by atoms with E-state index in [0.29, 0.717) is 6.54 Å². The van der Waals surface area contributed by atoms with Crippen LogP contribution in [-0.2, 0) is 0 Å². The van der Waals surface area contributed by atoms with Gasteiger partial charge in [0.15, 0.2) is 0 Å². The Morgan fingerprint density at radius 2 is 2.12 bits per heavy atom. The molecule has 1 aromatic heterocycles. The van der Waals surface area contributed by atoms with Crippen LogP contribution in [0.3, 0.4) is 0 Å². The van der Waals surface area contributed by atoms with Crippen molar-refractivity contribution in [1.82, 2.24) is 9.36 Å². The van der Waals surface area contributed by atoms with Crippen LogP contribution in [-0.4, -0.2) is 21.0 Å². The summed E-state index contributed by atoms with van der Waals surface area (Å²) in [4.78, 5) is 4.18. The smallest absolute Gasteiger partial charge is 0.202 e. The van der Waals surface area contributed by atoms with E-state index >= 15 is 0 Å². The molecule has 0 bridgehead atoms. The van der Waals surface area contributed by atoms with Gasteiger partial charge < -0.3 is 10.4 Å². The van der Waals surface area contributed by atoms with Crippen molar-refractivity contribution in [1.29, 1.82) is 0 Å². The molecule has 0 spiro atoms. The highest BCUT2D eigenvalue weighted by Gasteiger charge is 2.10. The molecule has 90 valence electrons. The standard InChI is InChI=1S/C12H15N3OS/c1-8-5-3-4-6-10(8)11(16)7-13-12-14-9(2)15-17-12/h3-6,11,16H,7H2,1-2H3,(H,13,14,15). The van der Waals surface area contributed by atoms with E-state index < -0.39 is 6.10 Å². The van der Waals surface area contributed by atoms with Crippen molar-refractivity contribution in [3.8, 4) is 0 Å². The van der Waals surface area contributed by atoms with Crippen LogP contribution < -0.4 is 5.32 Å². The Kier molecular flexibility index (Phi) is 3.71. The second-order valence-electron chi connectivity index (χ2n) is 3.90. The molecule has 1 unspecified atom stereocenters. The number of nitrogens with zero attached hydrogens (tertiary/aromatic N) is 2. The largest absolute Gasteiger partial charge is 0.387 e. The molecule has 0 aliphatic carbocycles. The van der Waals surface area contributed by atoms with E-state index in [4.69, 9.17) is 0 Å². The van der Waals surface area contributed by atoms with Crippen LogP contribution in [0, 0.1) is 13.8 Å². The molecule has 1 aromatic carbocycles. The van der Waals surface area contributed by atoms with Crippen LogP contribution in [0.5, 0.6) is 0 Å². The van der Waals surface area contributed by atoms with Gasteiger partial charge in [-0.25, -0.2) is 4.98 Å². The van der Waals surface area contributed by atoms with Crippen molar-refractivity contribution in [3.05, 3.63) is 41.2 Å². The lowest BCUT2D eigenvalue weighted by Crippen LogP contribution is -2.13. The van der Waals surface area contributed by atoms with Gasteiger partial charge in [-0.2, -0.15) is 4.37 Å². The molecule has 17 heavy (non-hydrogen) atoms. The summed E-state index contributed by atoms with van der Waals surface area (Å²) < 4.78 is 4.07. The van der Waals surface area contributed by atoms with Crippen LogP contribution in [0.15, 0.2) is 24.3 Å². The fourth-order valence-electron chi connectivity index (χ4n) is 1.62. The summed E-state index contributed by atoms with van der Waals surface area (Å²) in [5.74, 6) is 0.753. The molecular formula is C12H15N3OS. The van der Waals surface area contributed by atoms with Gasteiger partial charge >= 0.3 is 0 Å². The molecule has 0 aliphatic rings. The predicted octanol–water partition coefficient (Wildman–Crippen LogP) is 2.30. The summed E-state index contributed by atoms with van der Waals surface area (Å²) in [6.45, 7) is 4.28. The number of rotatable bonds is 4. The molecule has 0 saturated carbocycles. The molecule has 5 heteroatoms. The van der Waals surface area contributed by atoms with E-state index in [2.05, 4.69) is 14.7 Å². The number of aliphatic hydroxyl groups is 1. The van der Waals surface area contributed by atoms with E-state index in [1.807, 2.05) is 38.1 Å². The number of aryl methyl sites for hydroxylation is 2. The molecule has 1 heterocycles. The first-order chi connectivity index (χ1) is 8.16. The van der Waals surface area contributed by atoms with E-state index in [1.54, 1.807) is 0 Å². The molecular weight excluding hydrogens is 234 g/mol. The summed E-state index contributed by atoms with van der Waals surface area (Å²) in [7, 11) is 0. The molecule has 4 nitrogen and oxygen atoms in total. The number of aromatic nitrogens is 2. The SMILES string of the molecule is Cc1nsc(NCC(O)c2ccccc2C)n1. The Bertz CT molecular complexity index is 498. The highest BCUT2D eigenvalue weighted by Crippen LogP contribution is 2.18. The van der Waals surface area contributed by atoms with Crippen molar-refractivity contribution in [3.63, 3.8) is 0 Å². The molecule has 2 rings (SSSR count). The normalized spacial score (nSPS) is 12.4. The first-order valence-corrected chi connectivity index (χ1v) is 6.22. The third-order valence-corrected chi connectivity index (χ3v) is 3.29. The van der Waals surface area contributed by atoms with Gasteiger partial charge in [0.1, 0.15) is 5.82 Å². The van der Waals surface area contributed by atoms with Crippen LogP contribution in [0.25, 0.3) is 0 Å². The second kappa shape index (κ2) is 5.25. The summed E-state index contributed by atoms with van der Waals surface area (Å²) >= 11 is 1.31. The topological polar surface area (TPSA) is 58.0 Å². The summed E-state index contributed by atoms with van der Waals surface area (Å²) in [6, 6.07) is 7.83. The number of aliphatic hydroxyl groups excluding tert-OH is 1. The molecule has 0 saturated heterocycles. The maximum absolute atomic E-state index is 10.1. The lowest BCUT2D eigenvalue weighted by atomic mass is 10.0. The molecule has 1 atom stereocenters. The van der Waals surface area contributed by atoms with E-state index in [-0.39, 0.29) is 0 Å². The molecule has 2 aromatic rings. The average Bonchev–Trinajstić information content (AvgIpc) is 2.73. The zero-order valence-electron chi connectivity index (χ0n) is 9.84. The summed E-state index contributed by atoms with van der Waals surface area (Å²) in [5.41, 5.74) is 2.04. The fraction of sp³-hybridized carbons (Fsp3) is 0.333. The number of benzene rings is 1. The zero-order chi connectivity index (χ0) is 12.3. The fourth-order valence-corrected chi connectivity index (χ4v) is 2.20. The van der Waals surface area contributed by atoms with E-state index in [9.17, 15) is 5.11 Å². The lowest BCUT2D eigenvalue weighted by Gasteiger charge is -2.13. The Hall–Kier alpha value is -1.46. The first kappa shape index (κ1) is 12.0. The van der Waals surface area contributed by atoms with Gasteiger partial charge in [0.2, 0.25) is 5.13 Å².